The first kappa shape index (κ1) is 19.4. The summed E-state index contributed by atoms with van der Waals surface area (Å²) in [7, 11) is 0. The Hall–Kier alpha value is -3.55. The Morgan fingerprint density at radius 1 is 1.00 bits per heavy atom. The van der Waals surface area contributed by atoms with E-state index in [1.54, 1.807) is 30.3 Å². The van der Waals surface area contributed by atoms with E-state index in [-0.39, 0.29) is 5.82 Å². The van der Waals surface area contributed by atoms with Crippen molar-refractivity contribution in [2.45, 2.75) is 19.8 Å². The molecule has 1 aliphatic rings. The molecule has 0 saturated carbocycles. The molecule has 0 atom stereocenters. The van der Waals surface area contributed by atoms with E-state index in [9.17, 15) is 8.78 Å². The van der Waals surface area contributed by atoms with E-state index in [4.69, 9.17) is 10.7 Å². The second-order valence-electron chi connectivity index (χ2n) is 8.00. The first-order chi connectivity index (χ1) is 15.0. The van der Waals surface area contributed by atoms with Crippen LogP contribution in [0.5, 0.6) is 0 Å². The predicted octanol–water partition coefficient (Wildman–Crippen LogP) is 4.58. The fourth-order valence-electron chi connectivity index (χ4n) is 4.00. The highest BCUT2D eigenvalue weighted by atomic mass is 19.1. The third-order valence-corrected chi connectivity index (χ3v) is 5.81. The van der Waals surface area contributed by atoms with Crippen LogP contribution in [0.25, 0.3) is 28.0 Å². The van der Waals surface area contributed by atoms with Crippen molar-refractivity contribution in [3.63, 3.8) is 0 Å². The van der Waals surface area contributed by atoms with Crippen molar-refractivity contribution in [3.05, 3.63) is 60.2 Å². The quantitative estimate of drug-likeness (QED) is 0.525. The number of nitrogens with two attached hydrogens (primary N) is 1. The van der Waals surface area contributed by atoms with Gasteiger partial charge in [0.15, 0.2) is 5.65 Å². The molecule has 0 bridgehead atoms. The van der Waals surface area contributed by atoms with Crippen LogP contribution in [0, 0.1) is 17.6 Å². The van der Waals surface area contributed by atoms with E-state index in [0.29, 0.717) is 39.8 Å². The van der Waals surface area contributed by atoms with E-state index in [1.807, 2.05) is 0 Å². The van der Waals surface area contributed by atoms with Crippen LogP contribution in [-0.2, 0) is 0 Å². The summed E-state index contributed by atoms with van der Waals surface area (Å²) in [6.07, 6.45) is 2.08. The molecule has 2 aromatic carbocycles. The molecule has 6 nitrogen and oxygen atoms in total. The first-order valence-corrected chi connectivity index (χ1v) is 10.3. The van der Waals surface area contributed by atoms with Crippen LogP contribution < -0.4 is 10.6 Å². The average molecular weight is 420 g/mol. The molecule has 3 heterocycles. The van der Waals surface area contributed by atoms with Gasteiger partial charge in [0.1, 0.15) is 17.5 Å². The van der Waals surface area contributed by atoms with Crippen molar-refractivity contribution in [3.8, 4) is 16.9 Å². The fourth-order valence-corrected chi connectivity index (χ4v) is 4.00. The minimum Gasteiger partial charge on any atom is -0.383 e. The number of nitrogens with zero attached hydrogens (tertiary/aromatic N) is 5. The van der Waals surface area contributed by atoms with Crippen molar-refractivity contribution >= 4 is 22.8 Å². The number of halogens is 2. The average Bonchev–Trinajstić information content (AvgIpc) is 3.11. The van der Waals surface area contributed by atoms with Crippen LogP contribution in [0.4, 0.5) is 20.5 Å². The number of fused-ring (bicyclic) bond motifs is 1. The predicted molar refractivity (Wildman–Crippen MR) is 117 cm³/mol. The lowest BCUT2D eigenvalue weighted by Crippen LogP contribution is -2.34. The monoisotopic (exact) mass is 420 g/mol. The minimum absolute atomic E-state index is 0.234. The van der Waals surface area contributed by atoms with Crippen molar-refractivity contribution < 1.29 is 8.78 Å². The zero-order chi connectivity index (χ0) is 21.5. The summed E-state index contributed by atoms with van der Waals surface area (Å²) in [4.78, 5) is 11.5. The Kier molecular flexibility index (Phi) is 4.77. The van der Waals surface area contributed by atoms with E-state index in [2.05, 4.69) is 21.9 Å². The van der Waals surface area contributed by atoms with Gasteiger partial charge in [0.05, 0.1) is 16.8 Å². The smallest absolute Gasteiger partial charge is 0.228 e. The SMILES string of the molecule is CC1CCN(c2nc(-c3ccccc3F)c3c(N)n(-c4cccc(F)c4)nc3n2)CC1. The van der Waals surface area contributed by atoms with Gasteiger partial charge in [0.2, 0.25) is 5.95 Å². The summed E-state index contributed by atoms with van der Waals surface area (Å²) in [6.45, 7) is 3.88. The van der Waals surface area contributed by atoms with E-state index >= 15 is 0 Å². The van der Waals surface area contributed by atoms with Crippen LogP contribution in [0.3, 0.4) is 0 Å². The number of benzene rings is 2. The van der Waals surface area contributed by atoms with Crippen LogP contribution in [-0.4, -0.2) is 32.8 Å². The molecule has 31 heavy (non-hydrogen) atoms. The van der Waals surface area contributed by atoms with Gasteiger partial charge in [-0.15, -0.1) is 5.10 Å². The van der Waals surface area contributed by atoms with E-state index < -0.39 is 11.6 Å². The van der Waals surface area contributed by atoms with Crippen LogP contribution in [0.1, 0.15) is 19.8 Å². The zero-order valence-electron chi connectivity index (χ0n) is 17.1. The molecule has 2 N–H and O–H groups in total. The summed E-state index contributed by atoms with van der Waals surface area (Å²) in [6, 6.07) is 12.4. The van der Waals surface area contributed by atoms with Crippen molar-refractivity contribution in [1.82, 2.24) is 19.7 Å². The molecule has 0 unspecified atom stereocenters. The highest BCUT2D eigenvalue weighted by molar-refractivity contribution is 5.99. The lowest BCUT2D eigenvalue weighted by Gasteiger charge is -2.30. The number of rotatable bonds is 3. The fraction of sp³-hybridized carbons (Fsp3) is 0.261. The maximum atomic E-state index is 14.8. The number of nitrogen functional groups attached to an aromatic ring is 1. The highest BCUT2D eigenvalue weighted by Crippen LogP contribution is 2.35. The van der Waals surface area contributed by atoms with Gasteiger partial charge < -0.3 is 10.6 Å². The molecule has 2 aromatic heterocycles. The summed E-state index contributed by atoms with van der Waals surface area (Å²) in [5, 5.41) is 4.98. The second-order valence-corrected chi connectivity index (χ2v) is 8.00. The molecular formula is C23H22F2N6. The Labute approximate surface area is 178 Å². The minimum atomic E-state index is -0.404. The summed E-state index contributed by atoms with van der Waals surface area (Å²) >= 11 is 0. The summed E-state index contributed by atoms with van der Waals surface area (Å²) in [5.41, 5.74) is 7.94. The molecule has 158 valence electrons. The van der Waals surface area contributed by atoms with Gasteiger partial charge in [-0.3, -0.25) is 0 Å². The first-order valence-electron chi connectivity index (χ1n) is 10.3. The lowest BCUT2D eigenvalue weighted by atomic mass is 9.99. The van der Waals surface area contributed by atoms with Gasteiger partial charge in [-0.2, -0.15) is 4.98 Å². The van der Waals surface area contributed by atoms with Gasteiger partial charge in [-0.25, -0.2) is 18.4 Å². The lowest BCUT2D eigenvalue weighted by molar-refractivity contribution is 0.434. The third-order valence-electron chi connectivity index (χ3n) is 5.81. The standard InChI is InChI=1S/C23H22F2N6/c1-14-9-11-30(12-10-14)23-27-20(17-7-2-3-8-18(17)25)19-21(26)31(29-22(19)28-23)16-6-4-5-15(24)13-16/h2-8,13-14H,9-12,26H2,1H3. The van der Waals surface area contributed by atoms with E-state index in [1.165, 1.54) is 22.9 Å². The van der Waals surface area contributed by atoms with Crippen molar-refractivity contribution in [2.75, 3.05) is 23.7 Å². The van der Waals surface area contributed by atoms with Crippen LogP contribution in [0.2, 0.25) is 0 Å². The number of hydrogen-bond donors (Lipinski definition) is 1. The third kappa shape index (κ3) is 3.48. The molecule has 0 spiro atoms. The normalized spacial score (nSPS) is 15.0. The number of aromatic nitrogens is 4. The Morgan fingerprint density at radius 2 is 1.77 bits per heavy atom. The Balaban J connectivity index is 1.74. The number of piperidine rings is 1. The van der Waals surface area contributed by atoms with Crippen LogP contribution >= 0.6 is 0 Å². The largest absolute Gasteiger partial charge is 0.383 e. The van der Waals surface area contributed by atoms with Crippen LogP contribution in [0.15, 0.2) is 48.5 Å². The molecular weight excluding hydrogens is 398 g/mol. The van der Waals surface area contributed by atoms with Gasteiger partial charge in [0.25, 0.3) is 0 Å². The maximum Gasteiger partial charge on any atom is 0.228 e. The summed E-state index contributed by atoms with van der Waals surface area (Å²) in [5.74, 6) is 0.576. The molecule has 1 saturated heterocycles. The topological polar surface area (TPSA) is 72.9 Å². The number of hydrogen-bond acceptors (Lipinski definition) is 5. The molecule has 5 rings (SSSR count). The molecule has 1 aliphatic heterocycles. The zero-order valence-corrected chi connectivity index (χ0v) is 17.1. The molecule has 0 aliphatic carbocycles. The number of anilines is 2. The summed E-state index contributed by atoms with van der Waals surface area (Å²) < 4.78 is 30.0. The molecule has 8 heteroatoms. The van der Waals surface area contributed by atoms with Crippen molar-refractivity contribution in [1.29, 1.82) is 0 Å². The van der Waals surface area contributed by atoms with Gasteiger partial charge in [0, 0.05) is 18.7 Å². The Bertz CT molecular complexity index is 1260. The maximum absolute atomic E-state index is 14.8. The second kappa shape index (κ2) is 7.61. The molecule has 0 radical (unpaired) electrons. The highest BCUT2D eigenvalue weighted by Gasteiger charge is 2.24. The van der Waals surface area contributed by atoms with Gasteiger partial charge in [-0.1, -0.05) is 25.1 Å². The van der Waals surface area contributed by atoms with Crippen molar-refractivity contribution in [2.24, 2.45) is 5.92 Å². The van der Waals surface area contributed by atoms with Gasteiger partial charge >= 0.3 is 0 Å². The molecule has 0 amide bonds. The van der Waals surface area contributed by atoms with Gasteiger partial charge in [-0.05, 0) is 49.1 Å². The molecule has 1 fully saturated rings. The van der Waals surface area contributed by atoms with E-state index in [0.717, 1.165) is 25.9 Å². The Morgan fingerprint density at radius 3 is 2.52 bits per heavy atom. The molecule has 4 aromatic rings.